The lowest BCUT2D eigenvalue weighted by Gasteiger charge is -2.14. The molecule has 0 aliphatic carbocycles. The zero-order valence-electron chi connectivity index (χ0n) is 7.39. The van der Waals surface area contributed by atoms with E-state index in [1.165, 1.54) is 6.92 Å². The fourth-order valence-electron chi connectivity index (χ4n) is 0.987. The van der Waals surface area contributed by atoms with Crippen LogP contribution in [0.3, 0.4) is 0 Å². The van der Waals surface area contributed by atoms with Crippen LogP contribution in [-0.4, -0.2) is 18.5 Å². The molecule has 0 aliphatic rings. The highest BCUT2D eigenvalue weighted by atomic mass is 16.1. The molecule has 11 heavy (non-hydrogen) atoms. The quantitative estimate of drug-likeness (QED) is 0.617. The van der Waals surface area contributed by atoms with E-state index in [4.69, 9.17) is 5.73 Å². The first-order chi connectivity index (χ1) is 5.20. The van der Waals surface area contributed by atoms with Crippen molar-refractivity contribution >= 4 is 5.91 Å². The van der Waals surface area contributed by atoms with Gasteiger partial charge in [-0.1, -0.05) is 19.8 Å². The van der Waals surface area contributed by atoms with Crippen molar-refractivity contribution in [3.63, 3.8) is 0 Å². The summed E-state index contributed by atoms with van der Waals surface area (Å²) in [5, 5.41) is 2.80. The first-order valence-corrected chi connectivity index (χ1v) is 4.17. The van der Waals surface area contributed by atoms with Gasteiger partial charge in [-0.3, -0.25) is 4.79 Å². The molecular formula is C8H18N2O. The number of amides is 1. The van der Waals surface area contributed by atoms with Crippen LogP contribution in [0.4, 0.5) is 0 Å². The summed E-state index contributed by atoms with van der Waals surface area (Å²) in [6, 6.07) is 0.174. The molecule has 0 aromatic carbocycles. The molecule has 66 valence electrons. The van der Waals surface area contributed by atoms with Crippen molar-refractivity contribution in [3.05, 3.63) is 0 Å². The fourth-order valence-corrected chi connectivity index (χ4v) is 0.987. The molecule has 0 aromatic rings. The number of hydrogen-bond donors (Lipinski definition) is 2. The molecule has 0 rings (SSSR count). The highest BCUT2D eigenvalue weighted by Crippen LogP contribution is 1.98. The van der Waals surface area contributed by atoms with Crippen molar-refractivity contribution in [1.82, 2.24) is 5.32 Å². The fraction of sp³-hybridized carbons (Fsp3) is 0.875. The van der Waals surface area contributed by atoms with Gasteiger partial charge in [-0.15, -0.1) is 0 Å². The second kappa shape index (κ2) is 6.16. The first kappa shape index (κ1) is 10.4. The summed E-state index contributed by atoms with van der Waals surface area (Å²) < 4.78 is 0. The average molecular weight is 158 g/mol. The number of carbonyl (C=O) groups excluding carboxylic acids is 1. The third kappa shape index (κ3) is 5.85. The molecule has 0 bridgehead atoms. The van der Waals surface area contributed by atoms with Crippen molar-refractivity contribution in [2.45, 2.75) is 39.2 Å². The normalized spacial score (nSPS) is 12.6. The van der Waals surface area contributed by atoms with Gasteiger partial charge in [0.25, 0.3) is 0 Å². The SMILES string of the molecule is CCCCC(CN)NC(C)=O. The van der Waals surface area contributed by atoms with Crippen molar-refractivity contribution in [3.8, 4) is 0 Å². The summed E-state index contributed by atoms with van der Waals surface area (Å²) in [7, 11) is 0. The van der Waals surface area contributed by atoms with Gasteiger partial charge < -0.3 is 11.1 Å². The molecule has 1 atom stereocenters. The van der Waals surface area contributed by atoms with E-state index in [0.29, 0.717) is 6.54 Å². The summed E-state index contributed by atoms with van der Waals surface area (Å²) in [5.74, 6) is 0.0107. The molecule has 3 N–H and O–H groups in total. The minimum atomic E-state index is 0.0107. The standard InChI is InChI=1S/C8H18N2O/c1-3-4-5-8(6-9)10-7(2)11/h8H,3-6,9H2,1-2H3,(H,10,11). The van der Waals surface area contributed by atoms with Crippen LogP contribution in [0.25, 0.3) is 0 Å². The van der Waals surface area contributed by atoms with Gasteiger partial charge >= 0.3 is 0 Å². The second-order valence-corrected chi connectivity index (χ2v) is 2.78. The van der Waals surface area contributed by atoms with Crippen LogP contribution in [0.2, 0.25) is 0 Å². The van der Waals surface area contributed by atoms with Gasteiger partial charge in [0.1, 0.15) is 0 Å². The smallest absolute Gasteiger partial charge is 0.217 e. The van der Waals surface area contributed by atoms with Crippen LogP contribution in [0.15, 0.2) is 0 Å². The van der Waals surface area contributed by atoms with Crippen LogP contribution in [0.5, 0.6) is 0 Å². The molecule has 1 amide bonds. The van der Waals surface area contributed by atoms with Gasteiger partial charge in [-0.25, -0.2) is 0 Å². The summed E-state index contributed by atoms with van der Waals surface area (Å²) in [4.78, 5) is 10.6. The van der Waals surface area contributed by atoms with Gasteiger partial charge in [0.2, 0.25) is 5.91 Å². The number of nitrogens with one attached hydrogen (secondary N) is 1. The van der Waals surface area contributed by atoms with Crippen molar-refractivity contribution in [2.24, 2.45) is 5.73 Å². The van der Waals surface area contributed by atoms with E-state index in [0.717, 1.165) is 19.3 Å². The maximum atomic E-state index is 10.6. The summed E-state index contributed by atoms with van der Waals surface area (Å²) in [6.45, 7) is 4.19. The average Bonchev–Trinajstić information content (AvgIpc) is 1.97. The number of nitrogens with two attached hydrogens (primary N) is 1. The minimum Gasteiger partial charge on any atom is -0.352 e. The number of hydrogen-bond acceptors (Lipinski definition) is 2. The zero-order chi connectivity index (χ0) is 8.69. The Hall–Kier alpha value is -0.570. The Balaban J connectivity index is 3.49. The minimum absolute atomic E-state index is 0.0107. The Kier molecular flexibility index (Phi) is 5.84. The van der Waals surface area contributed by atoms with Crippen LogP contribution in [0.1, 0.15) is 33.1 Å². The van der Waals surface area contributed by atoms with Gasteiger partial charge in [-0.2, -0.15) is 0 Å². The second-order valence-electron chi connectivity index (χ2n) is 2.78. The van der Waals surface area contributed by atoms with E-state index in [2.05, 4.69) is 12.2 Å². The molecule has 0 saturated carbocycles. The molecule has 3 nitrogen and oxygen atoms in total. The Bertz CT molecular complexity index is 115. The molecule has 3 heteroatoms. The number of rotatable bonds is 5. The van der Waals surface area contributed by atoms with Crippen molar-refractivity contribution < 1.29 is 4.79 Å². The number of carbonyl (C=O) groups is 1. The van der Waals surface area contributed by atoms with Crippen LogP contribution >= 0.6 is 0 Å². The molecule has 0 spiro atoms. The van der Waals surface area contributed by atoms with Gasteiger partial charge in [0, 0.05) is 19.5 Å². The lowest BCUT2D eigenvalue weighted by molar-refractivity contribution is -0.119. The van der Waals surface area contributed by atoms with E-state index in [9.17, 15) is 4.79 Å². The predicted molar refractivity (Wildman–Crippen MR) is 46.2 cm³/mol. The summed E-state index contributed by atoms with van der Waals surface area (Å²) in [6.07, 6.45) is 3.27. The third-order valence-electron chi connectivity index (χ3n) is 1.60. The van der Waals surface area contributed by atoms with E-state index in [1.54, 1.807) is 0 Å². The molecule has 0 saturated heterocycles. The Morgan fingerprint density at radius 1 is 1.64 bits per heavy atom. The molecule has 0 heterocycles. The molecule has 0 radical (unpaired) electrons. The van der Waals surface area contributed by atoms with Crippen molar-refractivity contribution in [2.75, 3.05) is 6.54 Å². The predicted octanol–water partition coefficient (Wildman–Crippen LogP) is 0.640. The Morgan fingerprint density at radius 2 is 2.27 bits per heavy atom. The van der Waals surface area contributed by atoms with Crippen molar-refractivity contribution in [1.29, 1.82) is 0 Å². The number of unbranched alkanes of at least 4 members (excludes halogenated alkanes) is 1. The van der Waals surface area contributed by atoms with E-state index in [-0.39, 0.29) is 11.9 Å². The maximum Gasteiger partial charge on any atom is 0.217 e. The highest BCUT2D eigenvalue weighted by Gasteiger charge is 2.05. The van der Waals surface area contributed by atoms with Crippen LogP contribution in [-0.2, 0) is 4.79 Å². The topological polar surface area (TPSA) is 55.1 Å². The molecule has 0 aliphatic heterocycles. The molecular weight excluding hydrogens is 140 g/mol. The van der Waals surface area contributed by atoms with E-state index >= 15 is 0 Å². The molecule has 1 unspecified atom stereocenters. The molecule has 0 aromatic heterocycles. The Labute approximate surface area is 68.3 Å². The Morgan fingerprint density at radius 3 is 2.64 bits per heavy atom. The zero-order valence-corrected chi connectivity index (χ0v) is 7.39. The highest BCUT2D eigenvalue weighted by molar-refractivity contribution is 5.73. The van der Waals surface area contributed by atoms with Gasteiger partial charge in [0.15, 0.2) is 0 Å². The van der Waals surface area contributed by atoms with Gasteiger partial charge in [-0.05, 0) is 6.42 Å². The van der Waals surface area contributed by atoms with Gasteiger partial charge in [0.05, 0.1) is 0 Å². The maximum absolute atomic E-state index is 10.6. The third-order valence-corrected chi connectivity index (χ3v) is 1.60. The summed E-state index contributed by atoms with van der Waals surface area (Å²) in [5.41, 5.74) is 5.45. The molecule has 0 fully saturated rings. The largest absolute Gasteiger partial charge is 0.352 e. The summed E-state index contributed by atoms with van der Waals surface area (Å²) >= 11 is 0. The lowest BCUT2D eigenvalue weighted by atomic mass is 10.1. The van der Waals surface area contributed by atoms with E-state index < -0.39 is 0 Å². The van der Waals surface area contributed by atoms with E-state index in [1.807, 2.05) is 0 Å². The first-order valence-electron chi connectivity index (χ1n) is 4.17. The van der Waals surface area contributed by atoms with Crippen LogP contribution in [0, 0.1) is 0 Å². The lowest BCUT2D eigenvalue weighted by Crippen LogP contribution is -2.38. The monoisotopic (exact) mass is 158 g/mol. The van der Waals surface area contributed by atoms with Crippen LogP contribution < -0.4 is 11.1 Å².